The zero-order valence-electron chi connectivity index (χ0n) is 14.9. The minimum Gasteiger partial charge on any atom is -0.347 e. The molecule has 0 saturated heterocycles. The molecule has 6 nitrogen and oxygen atoms in total. The lowest BCUT2D eigenvalue weighted by atomic mass is 10.0. The minimum atomic E-state index is -5.05. The highest BCUT2D eigenvalue weighted by atomic mass is 32.3. The number of nitrogens with zero attached hydrogens (tertiary/aromatic N) is 4. The van der Waals surface area contributed by atoms with Crippen molar-refractivity contribution < 1.29 is 25.5 Å². The molecule has 1 aliphatic carbocycles. The normalized spacial score (nSPS) is 15.2. The third kappa shape index (κ3) is 3.78. The highest BCUT2D eigenvalue weighted by Crippen LogP contribution is 2.45. The summed E-state index contributed by atoms with van der Waals surface area (Å²) in [5.41, 5.74) is 1.02. The number of hydrogen-bond donors (Lipinski definition) is 0. The molecule has 1 aromatic carbocycles. The first-order chi connectivity index (χ1) is 12.4. The number of hydrogen-bond acceptors (Lipinski definition) is 5. The van der Waals surface area contributed by atoms with Crippen molar-refractivity contribution >= 4 is 16.2 Å². The molecule has 1 heterocycles. The maximum atomic E-state index is 13.8. The van der Waals surface area contributed by atoms with E-state index in [9.17, 15) is 25.5 Å². The molecular formula is C16H18F4N4O2S. The zero-order chi connectivity index (χ0) is 20.1. The van der Waals surface area contributed by atoms with Crippen LogP contribution in [-0.2, 0) is 22.8 Å². The lowest BCUT2D eigenvalue weighted by Gasteiger charge is -2.17. The Morgan fingerprint density at radius 2 is 1.89 bits per heavy atom. The third-order valence-corrected chi connectivity index (χ3v) is 5.25. The van der Waals surface area contributed by atoms with E-state index in [4.69, 9.17) is 0 Å². The Labute approximate surface area is 154 Å². The lowest BCUT2D eigenvalue weighted by Crippen LogP contribution is -2.16. The van der Waals surface area contributed by atoms with E-state index in [0.29, 0.717) is 5.56 Å². The Hall–Kier alpha value is -2.17. The summed E-state index contributed by atoms with van der Waals surface area (Å²) in [5.74, 6) is -1.41. The smallest absolute Gasteiger partial charge is 0.347 e. The van der Waals surface area contributed by atoms with Gasteiger partial charge in [0.05, 0.1) is 5.69 Å². The van der Waals surface area contributed by atoms with Gasteiger partial charge in [-0.15, -0.1) is 8.98 Å². The molecule has 3 rings (SSSR count). The molecule has 0 spiro atoms. The molecule has 1 aromatic heterocycles. The van der Waals surface area contributed by atoms with Gasteiger partial charge in [0.2, 0.25) is 5.95 Å². The van der Waals surface area contributed by atoms with Gasteiger partial charge in [-0.25, -0.2) is 0 Å². The summed E-state index contributed by atoms with van der Waals surface area (Å²) in [5, 5.41) is 3.54. The second-order valence-corrected chi connectivity index (χ2v) is 7.94. The van der Waals surface area contributed by atoms with E-state index < -0.39 is 27.1 Å². The van der Waals surface area contributed by atoms with E-state index in [1.54, 1.807) is 13.0 Å². The van der Waals surface area contributed by atoms with Crippen molar-refractivity contribution in [1.29, 1.82) is 0 Å². The van der Waals surface area contributed by atoms with Crippen molar-refractivity contribution in [3.05, 3.63) is 29.1 Å². The van der Waals surface area contributed by atoms with Crippen molar-refractivity contribution in [3.8, 4) is 5.69 Å². The zero-order valence-corrected chi connectivity index (χ0v) is 15.7. The number of rotatable bonds is 5. The van der Waals surface area contributed by atoms with Gasteiger partial charge in [0.1, 0.15) is 4.90 Å². The molecule has 1 fully saturated rings. The molecule has 0 aliphatic heterocycles. The van der Waals surface area contributed by atoms with E-state index in [0.717, 1.165) is 23.6 Å². The highest BCUT2D eigenvalue weighted by molar-refractivity contribution is 7.86. The van der Waals surface area contributed by atoms with Gasteiger partial charge >= 0.3 is 16.4 Å². The third-order valence-electron chi connectivity index (χ3n) is 4.34. The second-order valence-electron chi connectivity index (χ2n) is 6.62. The fraction of sp³-hybridized carbons (Fsp3) is 0.500. The Balaban J connectivity index is 2.32. The average Bonchev–Trinajstić information content (AvgIpc) is 3.28. The molecule has 11 heteroatoms. The number of benzene rings is 1. The first-order valence-electron chi connectivity index (χ1n) is 8.27. The number of aromatic nitrogens is 3. The topological polar surface area (TPSA) is 68.1 Å². The first-order valence-corrected chi connectivity index (χ1v) is 9.65. The van der Waals surface area contributed by atoms with Crippen molar-refractivity contribution in [2.45, 2.75) is 43.2 Å². The number of halogens is 4. The molecule has 27 heavy (non-hydrogen) atoms. The van der Waals surface area contributed by atoms with Gasteiger partial charge in [0.25, 0.3) is 5.82 Å². The predicted octanol–water partition coefficient (Wildman–Crippen LogP) is 3.45. The average molecular weight is 406 g/mol. The van der Waals surface area contributed by atoms with Gasteiger partial charge < -0.3 is 4.90 Å². The SMILES string of the molecule is CCc1cc(C2CC2)c(-n2nc(C(F)(F)F)nc2N(C)C)cc1S(=O)(=O)F. The molecular weight excluding hydrogens is 388 g/mol. The highest BCUT2D eigenvalue weighted by Gasteiger charge is 2.39. The molecule has 2 aromatic rings. The molecule has 1 saturated carbocycles. The van der Waals surface area contributed by atoms with Gasteiger partial charge in [-0.2, -0.15) is 31.3 Å². The molecule has 0 amide bonds. The van der Waals surface area contributed by atoms with Gasteiger partial charge in [-0.3, -0.25) is 0 Å². The second kappa shape index (κ2) is 6.47. The van der Waals surface area contributed by atoms with Crippen molar-refractivity contribution in [3.63, 3.8) is 0 Å². The summed E-state index contributed by atoms with van der Waals surface area (Å²) >= 11 is 0. The Morgan fingerprint density at radius 3 is 2.33 bits per heavy atom. The lowest BCUT2D eigenvalue weighted by molar-refractivity contribution is -0.144. The van der Waals surface area contributed by atoms with E-state index in [1.165, 1.54) is 19.0 Å². The first kappa shape index (κ1) is 19.6. The van der Waals surface area contributed by atoms with Crippen LogP contribution in [0, 0.1) is 0 Å². The van der Waals surface area contributed by atoms with Crippen molar-refractivity contribution in [2.75, 3.05) is 19.0 Å². The number of aryl methyl sites for hydroxylation is 1. The minimum absolute atomic E-state index is 0.0650. The van der Waals surface area contributed by atoms with Gasteiger partial charge in [-0.1, -0.05) is 13.0 Å². The standard InChI is InChI=1S/C16H18F4N4O2S/c1-4-9-7-11(10-5-6-10)12(8-13(9)27(20,25)26)24-15(23(2)3)21-14(22-24)16(17,18)19/h7-8,10H,4-6H2,1-3H3. The fourth-order valence-electron chi connectivity index (χ4n) is 2.92. The van der Waals surface area contributed by atoms with Crippen molar-refractivity contribution in [2.24, 2.45) is 0 Å². The van der Waals surface area contributed by atoms with Crippen LogP contribution in [0.15, 0.2) is 17.0 Å². The van der Waals surface area contributed by atoms with E-state index >= 15 is 0 Å². The predicted molar refractivity (Wildman–Crippen MR) is 90.3 cm³/mol. The molecule has 148 valence electrons. The maximum absolute atomic E-state index is 13.8. The number of anilines is 1. The molecule has 0 atom stereocenters. The van der Waals surface area contributed by atoms with Crippen molar-refractivity contribution in [1.82, 2.24) is 14.8 Å². The maximum Gasteiger partial charge on any atom is 0.453 e. The van der Waals surface area contributed by atoms with E-state index in [1.807, 2.05) is 0 Å². The monoisotopic (exact) mass is 406 g/mol. The molecule has 0 N–H and O–H groups in total. The van der Waals surface area contributed by atoms with E-state index in [2.05, 4.69) is 10.1 Å². The fourth-order valence-corrected chi connectivity index (χ4v) is 3.68. The molecule has 0 bridgehead atoms. The summed E-state index contributed by atoms with van der Waals surface area (Å²) in [4.78, 5) is 4.29. The summed E-state index contributed by atoms with van der Waals surface area (Å²) in [7, 11) is -2.07. The van der Waals surface area contributed by atoms with Crippen LogP contribution in [0.3, 0.4) is 0 Å². The van der Waals surface area contributed by atoms with Crippen LogP contribution < -0.4 is 4.90 Å². The van der Waals surface area contributed by atoms with E-state index in [-0.39, 0.29) is 29.5 Å². The van der Waals surface area contributed by atoms with Crippen LogP contribution in [-0.4, -0.2) is 37.3 Å². The van der Waals surface area contributed by atoms with Crippen LogP contribution in [0.25, 0.3) is 5.69 Å². The molecule has 1 aliphatic rings. The molecule has 0 radical (unpaired) electrons. The Morgan fingerprint density at radius 1 is 1.26 bits per heavy atom. The van der Waals surface area contributed by atoms with Gasteiger partial charge in [0.15, 0.2) is 0 Å². The van der Waals surface area contributed by atoms with Gasteiger partial charge in [0, 0.05) is 14.1 Å². The largest absolute Gasteiger partial charge is 0.453 e. The van der Waals surface area contributed by atoms with Crippen LogP contribution in [0.4, 0.5) is 23.0 Å². The summed E-state index contributed by atoms with van der Waals surface area (Å²) in [6, 6.07) is 2.61. The quantitative estimate of drug-likeness (QED) is 0.562. The van der Waals surface area contributed by atoms with Gasteiger partial charge in [-0.05, 0) is 42.4 Å². The van der Waals surface area contributed by atoms with Crippen LogP contribution in [0.2, 0.25) is 0 Å². The summed E-state index contributed by atoms with van der Waals surface area (Å²) in [6.45, 7) is 1.68. The number of alkyl halides is 3. The van der Waals surface area contributed by atoms with Crippen LogP contribution in [0.1, 0.15) is 42.6 Å². The van der Waals surface area contributed by atoms with Crippen LogP contribution in [0.5, 0.6) is 0 Å². The Kier molecular flexibility index (Phi) is 4.69. The summed E-state index contributed by atoms with van der Waals surface area (Å²) < 4.78 is 77.2. The summed E-state index contributed by atoms with van der Waals surface area (Å²) in [6.07, 6.45) is -2.87. The Bertz CT molecular complexity index is 979. The molecule has 0 unspecified atom stereocenters. The van der Waals surface area contributed by atoms with Crippen LogP contribution >= 0.6 is 0 Å².